The van der Waals surface area contributed by atoms with Crippen LogP contribution in [0.1, 0.15) is 27.2 Å². The Balaban J connectivity index is 2.86. The number of nitrogens with one attached hydrogen (secondary N) is 1. The number of aryl methyl sites for hydroxylation is 1. The highest BCUT2D eigenvalue weighted by Gasteiger charge is 2.17. The van der Waals surface area contributed by atoms with Gasteiger partial charge in [0, 0.05) is 25.1 Å². The second-order valence-electron chi connectivity index (χ2n) is 5.08. The fourth-order valence-electron chi connectivity index (χ4n) is 1.35. The van der Waals surface area contributed by atoms with E-state index in [1.54, 1.807) is 6.20 Å². The molecule has 0 spiro atoms. The molecule has 0 saturated carbocycles. The molecule has 0 unspecified atom stereocenters. The van der Waals surface area contributed by atoms with Gasteiger partial charge in [-0.2, -0.15) is 5.10 Å². The number of nitrogens with zero attached hydrogens (tertiary/aromatic N) is 2. The minimum absolute atomic E-state index is 0.0813. The maximum Gasteiger partial charge on any atom is 0.283 e. The van der Waals surface area contributed by atoms with Gasteiger partial charge in [-0.05, 0) is 22.4 Å². The summed E-state index contributed by atoms with van der Waals surface area (Å²) < 4.78 is 1.92. The number of halogens is 1. The Morgan fingerprint density at radius 3 is 2.78 bits per heavy atom. The predicted molar refractivity (Wildman–Crippen MR) is 75.8 cm³/mol. The molecular weight excluding hydrogens is 298 g/mol. The van der Waals surface area contributed by atoms with Gasteiger partial charge in [0.1, 0.15) is 4.47 Å². The summed E-state index contributed by atoms with van der Waals surface area (Å²) in [5, 5.41) is 16.4. The SMILES string of the molecule is CCCn1ncc(NCC(C)(C)CO)c(Br)c1=O. The number of anilines is 1. The van der Waals surface area contributed by atoms with Crippen LogP contribution in [0.3, 0.4) is 0 Å². The van der Waals surface area contributed by atoms with Crippen LogP contribution in [0.5, 0.6) is 0 Å². The van der Waals surface area contributed by atoms with Crippen LogP contribution in [0.4, 0.5) is 5.69 Å². The summed E-state index contributed by atoms with van der Waals surface area (Å²) in [4.78, 5) is 11.9. The van der Waals surface area contributed by atoms with E-state index in [2.05, 4.69) is 26.3 Å². The molecule has 1 rings (SSSR count). The average Bonchev–Trinajstić information content (AvgIpc) is 2.34. The van der Waals surface area contributed by atoms with Crippen molar-refractivity contribution in [2.24, 2.45) is 5.41 Å². The maximum absolute atomic E-state index is 11.9. The Labute approximate surface area is 115 Å². The molecule has 1 heterocycles. The normalized spacial score (nSPS) is 11.6. The lowest BCUT2D eigenvalue weighted by molar-refractivity contribution is 0.171. The van der Waals surface area contributed by atoms with Gasteiger partial charge in [-0.1, -0.05) is 20.8 Å². The zero-order valence-electron chi connectivity index (χ0n) is 11.0. The summed E-state index contributed by atoms with van der Waals surface area (Å²) in [6, 6.07) is 0. The first-order valence-electron chi connectivity index (χ1n) is 6.01. The zero-order valence-corrected chi connectivity index (χ0v) is 12.6. The quantitative estimate of drug-likeness (QED) is 0.840. The van der Waals surface area contributed by atoms with Gasteiger partial charge in [-0.15, -0.1) is 0 Å². The predicted octanol–water partition coefficient (Wildman–Crippen LogP) is 1.85. The van der Waals surface area contributed by atoms with Gasteiger partial charge in [-0.25, -0.2) is 4.68 Å². The molecule has 2 N–H and O–H groups in total. The van der Waals surface area contributed by atoms with Gasteiger partial charge in [0.2, 0.25) is 0 Å². The molecule has 0 atom stereocenters. The van der Waals surface area contributed by atoms with E-state index in [9.17, 15) is 9.90 Å². The standard InChI is InChI=1S/C12H20BrN3O2/c1-4-5-16-11(18)10(13)9(6-15-16)14-7-12(2,3)8-17/h6,14,17H,4-5,7-8H2,1-3H3. The van der Waals surface area contributed by atoms with Crippen LogP contribution in [0.15, 0.2) is 15.5 Å². The van der Waals surface area contributed by atoms with E-state index >= 15 is 0 Å². The molecule has 0 fully saturated rings. The minimum atomic E-state index is -0.238. The number of hydrogen-bond acceptors (Lipinski definition) is 4. The molecule has 0 bridgehead atoms. The van der Waals surface area contributed by atoms with Crippen molar-refractivity contribution in [3.8, 4) is 0 Å². The van der Waals surface area contributed by atoms with E-state index in [4.69, 9.17) is 0 Å². The highest BCUT2D eigenvalue weighted by molar-refractivity contribution is 9.10. The largest absolute Gasteiger partial charge is 0.396 e. The van der Waals surface area contributed by atoms with Gasteiger partial charge in [-0.3, -0.25) is 4.79 Å². The van der Waals surface area contributed by atoms with Gasteiger partial charge in [0.25, 0.3) is 5.56 Å². The Morgan fingerprint density at radius 1 is 1.56 bits per heavy atom. The summed E-state index contributed by atoms with van der Waals surface area (Å²) >= 11 is 3.29. The van der Waals surface area contributed by atoms with Crippen molar-refractivity contribution in [3.63, 3.8) is 0 Å². The highest BCUT2D eigenvalue weighted by Crippen LogP contribution is 2.20. The summed E-state index contributed by atoms with van der Waals surface area (Å²) in [7, 11) is 0. The fourth-order valence-corrected chi connectivity index (χ4v) is 1.80. The number of aromatic nitrogens is 2. The molecule has 0 aliphatic heterocycles. The van der Waals surface area contributed by atoms with Crippen LogP contribution in [0.2, 0.25) is 0 Å². The topological polar surface area (TPSA) is 67.2 Å². The third-order valence-electron chi connectivity index (χ3n) is 2.61. The lowest BCUT2D eigenvalue weighted by atomic mass is 9.95. The molecule has 0 amide bonds. The van der Waals surface area contributed by atoms with Crippen molar-refractivity contribution < 1.29 is 5.11 Å². The number of aliphatic hydroxyl groups is 1. The summed E-state index contributed by atoms with van der Waals surface area (Å²) in [6.07, 6.45) is 2.50. The summed E-state index contributed by atoms with van der Waals surface area (Å²) in [5.74, 6) is 0. The van der Waals surface area contributed by atoms with E-state index in [0.717, 1.165) is 6.42 Å². The Hall–Kier alpha value is -0.880. The second-order valence-corrected chi connectivity index (χ2v) is 5.87. The van der Waals surface area contributed by atoms with E-state index < -0.39 is 0 Å². The first-order valence-corrected chi connectivity index (χ1v) is 6.81. The molecule has 1 aromatic heterocycles. The van der Waals surface area contributed by atoms with Crippen molar-refractivity contribution in [3.05, 3.63) is 21.0 Å². The van der Waals surface area contributed by atoms with Crippen LogP contribution in [-0.4, -0.2) is 28.0 Å². The smallest absolute Gasteiger partial charge is 0.283 e. The molecule has 1 aromatic rings. The van der Waals surface area contributed by atoms with E-state index in [1.807, 2.05) is 20.8 Å². The van der Waals surface area contributed by atoms with Gasteiger partial charge < -0.3 is 10.4 Å². The average molecular weight is 318 g/mol. The van der Waals surface area contributed by atoms with Crippen molar-refractivity contribution in [1.82, 2.24) is 9.78 Å². The van der Waals surface area contributed by atoms with Gasteiger partial charge in [0.15, 0.2) is 0 Å². The number of rotatable bonds is 6. The third-order valence-corrected chi connectivity index (χ3v) is 3.37. The zero-order chi connectivity index (χ0) is 13.8. The molecule has 0 aliphatic carbocycles. The Morgan fingerprint density at radius 2 is 2.22 bits per heavy atom. The molecule has 0 aliphatic rings. The lowest BCUT2D eigenvalue weighted by Crippen LogP contribution is -2.29. The maximum atomic E-state index is 11.9. The first kappa shape index (κ1) is 15.2. The number of aliphatic hydroxyl groups excluding tert-OH is 1. The van der Waals surface area contributed by atoms with Gasteiger partial charge >= 0.3 is 0 Å². The summed E-state index contributed by atoms with van der Waals surface area (Å²) in [6.45, 7) is 7.15. The minimum Gasteiger partial charge on any atom is -0.396 e. The molecule has 0 saturated heterocycles. The highest BCUT2D eigenvalue weighted by atomic mass is 79.9. The van der Waals surface area contributed by atoms with E-state index in [1.165, 1.54) is 4.68 Å². The lowest BCUT2D eigenvalue weighted by Gasteiger charge is -2.22. The molecular formula is C12H20BrN3O2. The van der Waals surface area contributed by atoms with Crippen LogP contribution < -0.4 is 10.9 Å². The van der Waals surface area contributed by atoms with Crippen molar-refractivity contribution >= 4 is 21.6 Å². The molecule has 102 valence electrons. The fraction of sp³-hybridized carbons (Fsp3) is 0.667. The van der Waals surface area contributed by atoms with Crippen molar-refractivity contribution in [1.29, 1.82) is 0 Å². The van der Waals surface area contributed by atoms with Crippen molar-refractivity contribution in [2.45, 2.75) is 33.7 Å². The van der Waals surface area contributed by atoms with Crippen LogP contribution in [0.25, 0.3) is 0 Å². The second kappa shape index (κ2) is 6.33. The van der Waals surface area contributed by atoms with Crippen LogP contribution in [-0.2, 0) is 6.54 Å². The molecule has 0 radical (unpaired) electrons. The van der Waals surface area contributed by atoms with E-state index in [-0.39, 0.29) is 17.6 Å². The Kier molecular flexibility index (Phi) is 5.34. The molecule has 6 heteroatoms. The first-order chi connectivity index (χ1) is 8.41. The molecule has 18 heavy (non-hydrogen) atoms. The summed E-state index contributed by atoms with van der Waals surface area (Å²) in [5.41, 5.74) is 0.287. The van der Waals surface area contributed by atoms with Gasteiger partial charge in [0.05, 0.1) is 11.9 Å². The third kappa shape index (κ3) is 3.81. The van der Waals surface area contributed by atoms with Crippen molar-refractivity contribution in [2.75, 3.05) is 18.5 Å². The monoisotopic (exact) mass is 317 g/mol. The van der Waals surface area contributed by atoms with Crippen LogP contribution in [0, 0.1) is 5.41 Å². The molecule has 0 aromatic carbocycles. The molecule has 5 nitrogen and oxygen atoms in total. The van der Waals surface area contributed by atoms with Crippen LogP contribution >= 0.6 is 15.9 Å². The number of hydrogen-bond donors (Lipinski definition) is 2. The van der Waals surface area contributed by atoms with E-state index in [0.29, 0.717) is 23.2 Å². The Bertz CT molecular complexity index is 457.